The lowest BCUT2D eigenvalue weighted by Crippen LogP contribution is -2.01. The molecule has 15 heavy (non-hydrogen) atoms. The molecular formula is C10H11N5. The van der Waals surface area contributed by atoms with E-state index in [4.69, 9.17) is 0 Å². The summed E-state index contributed by atoms with van der Waals surface area (Å²) in [5.41, 5.74) is 1.51. The van der Waals surface area contributed by atoms with Crippen LogP contribution >= 0.6 is 0 Å². The summed E-state index contributed by atoms with van der Waals surface area (Å²) >= 11 is 0. The lowest BCUT2D eigenvalue weighted by atomic mass is 10.4. The molecule has 5 nitrogen and oxygen atoms in total. The predicted octanol–water partition coefficient (Wildman–Crippen LogP) is 0.952. The van der Waals surface area contributed by atoms with Gasteiger partial charge in [-0.25, -0.2) is 4.98 Å². The number of pyridine rings is 1. The predicted molar refractivity (Wildman–Crippen MR) is 57.8 cm³/mol. The van der Waals surface area contributed by atoms with Crippen LogP contribution in [-0.2, 0) is 0 Å². The summed E-state index contributed by atoms with van der Waals surface area (Å²) in [6.07, 6.45) is 7.03. The van der Waals surface area contributed by atoms with Gasteiger partial charge in [0.1, 0.15) is 11.0 Å². The van der Waals surface area contributed by atoms with Gasteiger partial charge in [0.15, 0.2) is 5.82 Å². The van der Waals surface area contributed by atoms with E-state index >= 15 is 0 Å². The van der Waals surface area contributed by atoms with Crippen molar-refractivity contribution < 1.29 is 0 Å². The Kier molecular flexibility index (Phi) is 2.53. The minimum absolute atomic E-state index is 0.587. The van der Waals surface area contributed by atoms with Gasteiger partial charge in [0.2, 0.25) is 0 Å². The SMILES string of the molecule is CN(C)/C=C/c1nnc2ccncc2n1. The summed E-state index contributed by atoms with van der Waals surface area (Å²) in [5.74, 6) is 0.587. The molecule has 2 aromatic heterocycles. The molecule has 0 spiro atoms. The molecule has 0 aliphatic carbocycles. The van der Waals surface area contributed by atoms with E-state index < -0.39 is 0 Å². The van der Waals surface area contributed by atoms with Gasteiger partial charge in [0.05, 0.1) is 6.20 Å². The van der Waals surface area contributed by atoms with Crippen molar-refractivity contribution in [1.82, 2.24) is 25.1 Å². The van der Waals surface area contributed by atoms with Gasteiger partial charge in [-0.15, -0.1) is 10.2 Å². The molecule has 0 aliphatic heterocycles. The van der Waals surface area contributed by atoms with Crippen LogP contribution in [0, 0.1) is 0 Å². The van der Waals surface area contributed by atoms with Crippen molar-refractivity contribution >= 4 is 17.1 Å². The molecule has 0 N–H and O–H groups in total. The summed E-state index contributed by atoms with van der Waals surface area (Å²) < 4.78 is 0. The number of hydrogen-bond donors (Lipinski definition) is 0. The normalized spacial score (nSPS) is 11.1. The number of hydrogen-bond acceptors (Lipinski definition) is 5. The largest absolute Gasteiger partial charge is 0.383 e. The second-order valence-corrected chi connectivity index (χ2v) is 3.31. The Bertz CT molecular complexity index is 492. The fraction of sp³-hybridized carbons (Fsp3) is 0.200. The molecule has 0 atom stereocenters. The molecule has 2 heterocycles. The standard InChI is InChI=1S/C10H11N5/c1-15(2)6-4-10-12-9-7-11-5-3-8(9)13-14-10/h3-7H,1-2H3/b6-4+. The fourth-order valence-corrected chi connectivity index (χ4v) is 1.09. The molecule has 0 aromatic carbocycles. The van der Waals surface area contributed by atoms with Crippen LogP contribution in [0.5, 0.6) is 0 Å². The van der Waals surface area contributed by atoms with E-state index in [1.165, 1.54) is 0 Å². The molecule has 2 rings (SSSR count). The Labute approximate surface area is 87.5 Å². The maximum atomic E-state index is 4.30. The minimum atomic E-state index is 0.587. The smallest absolute Gasteiger partial charge is 0.176 e. The van der Waals surface area contributed by atoms with Gasteiger partial charge in [-0.2, -0.15) is 0 Å². The van der Waals surface area contributed by atoms with Crippen LogP contribution in [0.1, 0.15) is 5.82 Å². The Morgan fingerprint density at radius 3 is 2.87 bits per heavy atom. The molecule has 0 fully saturated rings. The van der Waals surface area contributed by atoms with Crippen LogP contribution in [0.15, 0.2) is 24.7 Å². The summed E-state index contributed by atoms with van der Waals surface area (Å²) in [6, 6.07) is 1.79. The van der Waals surface area contributed by atoms with Crippen molar-refractivity contribution in [1.29, 1.82) is 0 Å². The van der Waals surface area contributed by atoms with E-state index in [0.29, 0.717) is 5.82 Å². The van der Waals surface area contributed by atoms with Crippen LogP contribution in [0.25, 0.3) is 17.1 Å². The number of rotatable bonds is 2. The molecule has 0 unspecified atom stereocenters. The Morgan fingerprint density at radius 1 is 1.20 bits per heavy atom. The third-order valence-corrected chi connectivity index (χ3v) is 1.79. The number of fused-ring (bicyclic) bond motifs is 1. The summed E-state index contributed by atoms with van der Waals surface area (Å²) in [7, 11) is 3.87. The third-order valence-electron chi connectivity index (χ3n) is 1.79. The monoisotopic (exact) mass is 201 g/mol. The zero-order valence-corrected chi connectivity index (χ0v) is 8.62. The van der Waals surface area contributed by atoms with Crippen molar-refractivity contribution in [2.45, 2.75) is 0 Å². The Hall–Kier alpha value is -2.04. The van der Waals surface area contributed by atoms with Gasteiger partial charge in [-0.3, -0.25) is 4.98 Å². The van der Waals surface area contributed by atoms with Crippen molar-refractivity contribution in [2.75, 3.05) is 14.1 Å². The van der Waals surface area contributed by atoms with Crippen LogP contribution in [-0.4, -0.2) is 39.2 Å². The van der Waals surface area contributed by atoms with Gasteiger partial charge in [-0.1, -0.05) is 0 Å². The summed E-state index contributed by atoms with van der Waals surface area (Å²) in [6.45, 7) is 0. The van der Waals surface area contributed by atoms with Crippen molar-refractivity contribution in [2.24, 2.45) is 0 Å². The second kappa shape index (κ2) is 4.00. The zero-order valence-electron chi connectivity index (χ0n) is 8.62. The van der Waals surface area contributed by atoms with Crippen molar-refractivity contribution in [3.63, 3.8) is 0 Å². The first-order valence-corrected chi connectivity index (χ1v) is 4.55. The van der Waals surface area contributed by atoms with E-state index in [2.05, 4.69) is 20.2 Å². The topological polar surface area (TPSA) is 54.8 Å². The molecule has 2 aromatic rings. The van der Waals surface area contributed by atoms with E-state index in [1.54, 1.807) is 24.5 Å². The molecule has 0 amide bonds. The first kappa shape index (κ1) is 9.51. The first-order valence-electron chi connectivity index (χ1n) is 4.55. The van der Waals surface area contributed by atoms with Crippen LogP contribution < -0.4 is 0 Å². The zero-order chi connectivity index (χ0) is 10.7. The quantitative estimate of drug-likeness (QED) is 0.724. The minimum Gasteiger partial charge on any atom is -0.383 e. The lowest BCUT2D eigenvalue weighted by molar-refractivity contribution is 0.567. The third kappa shape index (κ3) is 2.25. The highest BCUT2D eigenvalue weighted by Crippen LogP contribution is 2.05. The van der Waals surface area contributed by atoms with E-state index in [0.717, 1.165) is 11.0 Å². The lowest BCUT2D eigenvalue weighted by Gasteiger charge is -2.02. The van der Waals surface area contributed by atoms with Crippen molar-refractivity contribution in [3.8, 4) is 0 Å². The molecule has 5 heteroatoms. The highest BCUT2D eigenvalue weighted by molar-refractivity contribution is 5.72. The van der Waals surface area contributed by atoms with Crippen LogP contribution in [0.3, 0.4) is 0 Å². The average molecular weight is 201 g/mol. The molecule has 0 saturated heterocycles. The molecule has 0 radical (unpaired) electrons. The highest BCUT2D eigenvalue weighted by atomic mass is 15.2. The fourth-order valence-electron chi connectivity index (χ4n) is 1.09. The Morgan fingerprint density at radius 2 is 2.07 bits per heavy atom. The van der Waals surface area contributed by atoms with E-state index in [9.17, 15) is 0 Å². The molecule has 0 saturated carbocycles. The number of nitrogens with zero attached hydrogens (tertiary/aromatic N) is 5. The highest BCUT2D eigenvalue weighted by Gasteiger charge is 1.97. The second-order valence-electron chi connectivity index (χ2n) is 3.31. The first-order chi connectivity index (χ1) is 7.25. The summed E-state index contributed by atoms with van der Waals surface area (Å²) in [5, 5.41) is 8.01. The maximum Gasteiger partial charge on any atom is 0.176 e. The average Bonchev–Trinajstić information content (AvgIpc) is 2.26. The summed E-state index contributed by atoms with van der Waals surface area (Å²) in [4.78, 5) is 10.2. The molecule has 0 aliphatic rings. The Balaban J connectivity index is 2.39. The molecule has 76 valence electrons. The maximum absolute atomic E-state index is 4.30. The van der Waals surface area contributed by atoms with Gasteiger partial charge in [0, 0.05) is 32.6 Å². The van der Waals surface area contributed by atoms with Crippen LogP contribution in [0.4, 0.5) is 0 Å². The van der Waals surface area contributed by atoms with Crippen molar-refractivity contribution in [3.05, 3.63) is 30.5 Å². The van der Waals surface area contributed by atoms with Gasteiger partial charge < -0.3 is 4.90 Å². The molecule has 0 bridgehead atoms. The van der Waals surface area contributed by atoms with E-state index in [-0.39, 0.29) is 0 Å². The van der Waals surface area contributed by atoms with E-state index in [1.807, 2.05) is 25.2 Å². The molecular weight excluding hydrogens is 190 g/mol. The van der Waals surface area contributed by atoms with Gasteiger partial charge >= 0.3 is 0 Å². The van der Waals surface area contributed by atoms with Gasteiger partial charge in [0.25, 0.3) is 0 Å². The van der Waals surface area contributed by atoms with Gasteiger partial charge in [-0.05, 0) is 6.07 Å². The van der Waals surface area contributed by atoms with Crippen LogP contribution in [0.2, 0.25) is 0 Å². The number of aromatic nitrogens is 4.